The molecule has 2 N–H and O–H groups in total. The first-order valence-corrected chi connectivity index (χ1v) is 13.8. The standard InChI is InChI=1S/C30H46O4/c1-18(2)19-9-14-30(25(33)34)16-15-28(5)20(24(19)30)7-8-22-26(3)12-11-23(32)27(4,17-31)21(26)10-13-29(22,28)6/h19-22,24,31H,1,7-17H2,2-6H3,(H,33,34)/t19-,20?,21+,22?,24?,26-,27-,28+,29+,30-/m0/s1. The molecule has 0 spiro atoms. The van der Waals surface area contributed by atoms with Crippen molar-refractivity contribution in [2.45, 2.75) is 98.8 Å². The van der Waals surface area contributed by atoms with Crippen molar-refractivity contribution >= 4 is 11.8 Å². The number of hydrogen-bond donors (Lipinski definition) is 2. The fourth-order valence-corrected chi connectivity index (χ4v) is 11.3. The third kappa shape index (κ3) is 2.70. The van der Waals surface area contributed by atoms with Crippen molar-refractivity contribution in [3.63, 3.8) is 0 Å². The summed E-state index contributed by atoms with van der Waals surface area (Å²) in [6, 6.07) is 0. The lowest BCUT2D eigenvalue weighted by molar-refractivity contribution is -0.238. The fraction of sp³-hybridized carbons (Fsp3) is 0.867. The first kappa shape index (κ1) is 24.5. The molecule has 5 aliphatic rings. The van der Waals surface area contributed by atoms with Crippen LogP contribution in [0.4, 0.5) is 0 Å². The number of allylic oxidation sites excluding steroid dienone is 1. The lowest BCUT2D eigenvalue weighted by Crippen LogP contribution is -2.67. The summed E-state index contributed by atoms with van der Waals surface area (Å²) in [5.74, 6) is 1.35. The quantitative estimate of drug-likeness (QED) is 0.477. The molecule has 5 fully saturated rings. The predicted molar refractivity (Wildman–Crippen MR) is 133 cm³/mol. The molecule has 5 saturated carbocycles. The van der Waals surface area contributed by atoms with Crippen molar-refractivity contribution < 1.29 is 19.8 Å². The molecule has 190 valence electrons. The highest BCUT2D eigenvalue weighted by molar-refractivity contribution is 5.86. The average Bonchev–Trinajstić information content (AvgIpc) is 3.18. The highest BCUT2D eigenvalue weighted by atomic mass is 16.4. The van der Waals surface area contributed by atoms with E-state index in [1.165, 1.54) is 5.57 Å². The normalized spacial score (nSPS) is 54.4. The Bertz CT molecular complexity index is 925. The van der Waals surface area contributed by atoms with Crippen molar-refractivity contribution in [1.29, 1.82) is 0 Å². The molecule has 4 heteroatoms. The molecule has 5 aliphatic carbocycles. The molecule has 0 amide bonds. The molecular formula is C30H46O4. The molecule has 0 saturated heterocycles. The van der Waals surface area contributed by atoms with Gasteiger partial charge in [0, 0.05) is 6.42 Å². The molecule has 0 radical (unpaired) electrons. The zero-order valence-electron chi connectivity index (χ0n) is 22.1. The predicted octanol–water partition coefficient (Wildman–Crippen LogP) is 6.27. The van der Waals surface area contributed by atoms with Gasteiger partial charge in [-0.2, -0.15) is 0 Å². The van der Waals surface area contributed by atoms with Gasteiger partial charge < -0.3 is 10.2 Å². The van der Waals surface area contributed by atoms with Crippen molar-refractivity contribution in [3.05, 3.63) is 12.2 Å². The van der Waals surface area contributed by atoms with Crippen LogP contribution in [0.5, 0.6) is 0 Å². The Hall–Kier alpha value is -1.16. The number of carbonyl (C=O) groups is 2. The number of carbonyl (C=O) groups excluding carboxylic acids is 1. The summed E-state index contributed by atoms with van der Waals surface area (Å²) in [5, 5.41) is 20.8. The number of aliphatic hydroxyl groups excluding tert-OH is 1. The summed E-state index contributed by atoms with van der Waals surface area (Å²) < 4.78 is 0. The van der Waals surface area contributed by atoms with Crippen molar-refractivity contribution in [1.82, 2.24) is 0 Å². The van der Waals surface area contributed by atoms with Crippen LogP contribution in [0, 0.1) is 56.7 Å². The summed E-state index contributed by atoms with van der Waals surface area (Å²) in [6.07, 6.45) is 9.35. The van der Waals surface area contributed by atoms with Crippen molar-refractivity contribution in [2.75, 3.05) is 6.61 Å². The first-order chi connectivity index (χ1) is 15.8. The molecule has 0 heterocycles. The van der Waals surface area contributed by atoms with E-state index in [9.17, 15) is 19.8 Å². The van der Waals surface area contributed by atoms with Gasteiger partial charge in [-0.25, -0.2) is 0 Å². The molecule has 10 atom stereocenters. The third-order valence-electron chi connectivity index (χ3n) is 13.4. The molecule has 34 heavy (non-hydrogen) atoms. The summed E-state index contributed by atoms with van der Waals surface area (Å²) in [7, 11) is 0. The van der Waals surface area contributed by atoms with Gasteiger partial charge in [-0.15, -0.1) is 0 Å². The first-order valence-electron chi connectivity index (χ1n) is 13.8. The second-order valence-electron chi connectivity index (χ2n) is 14.1. The number of aliphatic carboxylic acids is 1. The number of aliphatic hydroxyl groups is 1. The van der Waals surface area contributed by atoms with E-state index in [-0.39, 0.29) is 40.5 Å². The second kappa shape index (κ2) is 7.43. The van der Waals surface area contributed by atoms with Gasteiger partial charge in [-0.05, 0) is 111 Å². The van der Waals surface area contributed by atoms with E-state index >= 15 is 0 Å². The maximum atomic E-state index is 13.0. The Kier molecular flexibility index (Phi) is 5.36. The lowest BCUT2D eigenvalue weighted by atomic mass is 9.32. The van der Waals surface area contributed by atoms with E-state index in [1.54, 1.807) is 0 Å². The van der Waals surface area contributed by atoms with Crippen LogP contribution < -0.4 is 0 Å². The zero-order chi connectivity index (χ0) is 24.9. The van der Waals surface area contributed by atoms with Crippen LogP contribution in [0.15, 0.2) is 12.2 Å². The lowest BCUT2D eigenvalue weighted by Gasteiger charge is -2.72. The minimum atomic E-state index is -0.617. The van der Waals surface area contributed by atoms with Gasteiger partial charge in [-0.1, -0.05) is 39.8 Å². The van der Waals surface area contributed by atoms with Crippen molar-refractivity contribution in [3.8, 4) is 0 Å². The maximum Gasteiger partial charge on any atom is 0.309 e. The topological polar surface area (TPSA) is 74.6 Å². The van der Waals surface area contributed by atoms with Crippen LogP contribution in [0.1, 0.15) is 98.8 Å². The number of carboxylic acids is 1. The molecule has 0 aliphatic heterocycles. The number of Topliss-reactive ketones (excluding diaryl/α,β-unsaturated/α-hetero) is 1. The Morgan fingerprint density at radius 3 is 2.26 bits per heavy atom. The van der Waals surface area contributed by atoms with Crippen LogP contribution >= 0.6 is 0 Å². The molecule has 5 rings (SSSR count). The smallest absolute Gasteiger partial charge is 0.309 e. The van der Waals surface area contributed by atoms with Gasteiger partial charge in [0.2, 0.25) is 0 Å². The molecule has 0 aromatic rings. The van der Waals surface area contributed by atoms with Gasteiger partial charge in [0.15, 0.2) is 0 Å². The van der Waals surface area contributed by atoms with Gasteiger partial charge in [0.25, 0.3) is 0 Å². The second-order valence-corrected chi connectivity index (χ2v) is 14.1. The number of fused-ring (bicyclic) bond motifs is 7. The Balaban J connectivity index is 1.57. The minimum absolute atomic E-state index is 0.0427. The van der Waals surface area contributed by atoms with E-state index < -0.39 is 16.8 Å². The zero-order valence-corrected chi connectivity index (χ0v) is 22.1. The van der Waals surface area contributed by atoms with Crippen LogP contribution in [-0.4, -0.2) is 28.6 Å². The van der Waals surface area contributed by atoms with E-state index in [2.05, 4.69) is 34.3 Å². The van der Waals surface area contributed by atoms with Gasteiger partial charge >= 0.3 is 5.97 Å². The summed E-state index contributed by atoms with van der Waals surface area (Å²) in [5.41, 5.74) is 0.257. The molecule has 4 nitrogen and oxygen atoms in total. The number of ketones is 1. The van der Waals surface area contributed by atoms with Crippen LogP contribution in [0.3, 0.4) is 0 Å². The third-order valence-corrected chi connectivity index (χ3v) is 13.4. The van der Waals surface area contributed by atoms with Crippen LogP contribution in [0.2, 0.25) is 0 Å². The fourth-order valence-electron chi connectivity index (χ4n) is 11.3. The highest BCUT2D eigenvalue weighted by Gasteiger charge is 2.72. The summed E-state index contributed by atoms with van der Waals surface area (Å²) in [4.78, 5) is 25.7. The summed E-state index contributed by atoms with van der Waals surface area (Å²) in [6.45, 7) is 15.9. The van der Waals surface area contributed by atoms with Gasteiger partial charge in [0.1, 0.15) is 5.78 Å². The number of carboxylic acid groups (broad SMARTS) is 1. The van der Waals surface area contributed by atoms with Gasteiger partial charge in [0.05, 0.1) is 17.4 Å². The SMILES string of the molecule is C=C(C)[C@@H]1CC[C@]2(C(=O)O)CC[C@]3(C)C(CCC4[C@@]5(C)CCC(=O)[C@@](C)(CO)[C@@H]5CC[C@]43C)C12. The highest BCUT2D eigenvalue weighted by Crippen LogP contribution is 2.77. The van der Waals surface area contributed by atoms with Gasteiger partial charge in [-0.3, -0.25) is 9.59 Å². The number of rotatable bonds is 3. The maximum absolute atomic E-state index is 13.0. The van der Waals surface area contributed by atoms with Crippen LogP contribution in [-0.2, 0) is 9.59 Å². The van der Waals surface area contributed by atoms with E-state index in [4.69, 9.17) is 0 Å². The largest absolute Gasteiger partial charge is 0.481 e. The molecule has 0 aromatic carbocycles. The average molecular weight is 471 g/mol. The Labute approximate surface area is 206 Å². The minimum Gasteiger partial charge on any atom is -0.481 e. The van der Waals surface area contributed by atoms with E-state index in [0.717, 1.165) is 57.8 Å². The Morgan fingerprint density at radius 2 is 1.65 bits per heavy atom. The molecule has 3 unspecified atom stereocenters. The van der Waals surface area contributed by atoms with E-state index in [1.807, 2.05) is 6.92 Å². The molecule has 0 bridgehead atoms. The number of hydrogen-bond acceptors (Lipinski definition) is 3. The Morgan fingerprint density at radius 1 is 0.941 bits per heavy atom. The van der Waals surface area contributed by atoms with E-state index in [0.29, 0.717) is 24.2 Å². The molecule has 0 aromatic heterocycles. The van der Waals surface area contributed by atoms with Crippen molar-refractivity contribution in [2.24, 2.45) is 56.7 Å². The molecular weight excluding hydrogens is 424 g/mol. The monoisotopic (exact) mass is 470 g/mol. The van der Waals surface area contributed by atoms with Crippen LogP contribution in [0.25, 0.3) is 0 Å². The summed E-state index contributed by atoms with van der Waals surface area (Å²) >= 11 is 0.